The molecule has 17 heavy (non-hydrogen) atoms. The Morgan fingerprint density at radius 1 is 1.53 bits per heavy atom. The van der Waals surface area contributed by atoms with Gasteiger partial charge < -0.3 is 10.1 Å². The fourth-order valence-electron chi connectivity index (χ4n) is 3.32. The van der Waals surface area contributed by atoms with Gasteiger partial charge in [0.05, 0.1) is 12.2 Å². The highest BCUT2D eigenvalue weighted by Crippen LogP contribution is 2.44. The SMILES string of the molecule is CCNC(c1cccnc1)C1CC2CCC1O2. The number of ether oxygens (including phenoxy) is 1. The van der Waals surface area contributed by atoms with Gasteiger partial charge in [0.15, 0.2) is 0 Å². The molecule has 0 aliphatic carbocycles. The molecule has 2 fully saturated rings. The zero-order chi connectivity index (χ0) is 11.7. The number of hydrogen-bond donors (Lipinski definition) is 1. The van der Waals surface area contributed by atoms with Gasteiger partial charge in [-0.15, -0.1) is 0 Å². The number of rotatable bonds is 4. The van der Waals surface area contributed by atoms with Crippen LogP contribution in [0.2, 0.25) is 0 Å². The van der Waals surface area contributed by atoms with Crippen LogP contribution >= 0.6 is 0 Å². The average Bonchev–Trinajstić information content (AvgIpc) is 2.99. The average molecular weight is 232 g/mol. The molecule has 2 saturated heterocycles. The number of nitrogens with one attached hydrogen (secondary N) is 1. The largest absolute Gasteiger partial charge is 0.375 e. The van der Waals surface area contributed by atoms with Gasteiger partial charge in [0.25, 0.3) is 0 Å². The van der Waals surface area contributed by atoms with E-state index in [-0.39, 0.29) is 0 Å². The highest BCUT2D eigenvalue weighted by Gasteiger charge is 2.44. The Bertz CT molecular complexity index is 368. The fraction of sp³-hybridized carbons (Fsp3) is 0.643. The molecule has 2 bridgehead atoms. The van der Waals surface area contributed by atoms with Crippen LogP contribution in [0.25, 0.3) is 0 Å². The number of fused-ring (bicyclic) bond motifs is 2. The molecule has 3 heteroatoms. The van der Waals surface area contributed by atoms with Crippen molar-refractivity contribution in [2.24, 2.45) is 5.92 Å². The monoisotopic (exact) mass is 232 g/mol. The lowest BCUT2D eigenvalue weighted by Crippen LogP contribution is -2.33. The number of nitrogens with zero attached hydrogens (tertiary/aromatic N) is 1. The molecule has 1 aromatic heterocycles. The normalized spacial score (nSPS) is 32.9. The van der Waals surface area contributed by atoms with Gasteiger partial charge in [-0.25, -0.2) is 0 Å². The molecule has 0 spiro atoms. The molecule has 3 heterocycles. The maximum Gasteiger partial charge on any atom is 0.0627 e. The van der Waals surface area contributed by atoms with Crippen LogP contribution in [0.1, 0.15) is 37.8 Å². The minimum absolute atomic E-state index is 0.406. The van der Waals surface area contributed by atoms with Crippen LogP contribution in [0.3, 0.4) is 0 Å². The molecule has 0 aromatic carbocycles. The van der Waals surface area contributed by atoms with Crippen molar-refractivity contribution >= 4 is 0 Å². The molecule has 3 rings (SSSR count). The van der Waals surface area contributed by atoms with E-state index in [4.69, 9.17) is 4.74 Å². The van der Waals surface area contributed by atoms with E-state index < -0.39 is 0 Å². The molecule has 0 radical (unpaired) electrons. The fourth-order valence-corrected chi connectivity index (χ4v) is 3.32. The number of pyridine rings is 1. The number of aromatic nitrogens is 1. The predicted molar refractivity (Wildman–Crippen MR) is 66.7 cm³/mol. The van der Waals surface area contributed by atoms with E-state index in [0.717, 1.165) is 6.54 Å². The molecule has 4 atom stereocenters. The van der Waals surface area contributed by atoms with Gasteiger partial charge in [0, 0.05) is 24.4 Å². The molecule has 0 saturated carbocycles. The maximum atomic E-state index is 5.97. The first-order chi connectivity index (χ1) is 8.38. The Labute approximate surface area is 103 Å². The summed E-state index contributed by atoms with van der Waals surface area (Å²) in [5.41, 5.74) is 1.30. The smallest absolute Gasteiger partial charge is 0.0627 e. The molecule has 3 nitrogen and oxygen atoms in total. The van der Waals surface area contributed by atoms with Crippen molar-refractivity contribution < 1.29 is 4.74 Å². The van der Waals surface area contributed by atoms with Crippen LogP contribution in [0.4, 0.5) is 0 Å². The van der Waals surface area contributed by atoms with E-state index >= 15 is 0 Å². The summed E-state index contributed by atoms with van der Waals surface area (Å²) < 4.78 is 5.97. The lowest BCUT2D eigenvalue weighted by atomic mass is 9.81. The second-order valence-electron chi connectivity index (χ2n) is 5.10. The third-order valence-corrected chi connectivity index (χ3v) is 4.05. The molecule has 1 aromatic rings. The summed E-state index contributed by atoms with van der Waals surface area (Å²) in [4.78, 5) is 4.24. The third-order valence-electron chi connectivity index (χ3n) is 4.05. The Morgan fingerprint density at radius 3 is 3.06 bits per heavy atom. The lowest BCUT2D eigenvalue weighted by Gasteiger charge is -2.29. The zero-order valence-electron chi connectivity index (χ0n) is 10.3. The van der Waals surface area contributed by atoms with Crippen LogP contribution in [0.5, 0.6) is 0 Å². The summed E-state index contributed by atoms with van der Waals surface area (Å²) in [6.07, 6.45) is 8.50. The summed E-state index contributed by atoms with van der Waals surface area (Å²) in [5.74, 6) is 0.623. The summed E-state index contributed by atoms with van der Waals surface area (Å²) in [6, 6.07) is 4.60. The zero-order valence-corrected chi connectivity index (χ0v) is 10.3. The molecule has 1 N–H and O–H groups in total. The highest BCUT2D eigenvalue weighted by atomic mass is 16.5. The van der Waals surface area contributed by atoms with Gasteiger partial charge in [-0.3, -0.25) is 4.98 Å². The summed E-state index contributed by atoms with van der Waals surface area (Å²) >= 11 is 0. The van der Waals surface area contributed by atoms with E-state index in [9.17, 15) is 0 Å². The van der Waals surface area contributed by atoms with Crippen LogP contribution in [0, 0.1) is 5.92 Å². The Kier molecular flexibility index (Phi) is 3.12. The van der Waals surface area contributed by atoms with Crippen LogP contribution in [0.15, 0.2) is 24.5 Å². The van der Waals surface area contributed by atoms with Crippen LogP contribution in [-0.2, 0) is 4.74 Å². The van der Waals surface area contributed by atoms with Crippen LogP contribution in [-0.4, -0.2) is 23.7 Å². The Balaban J connectivity index is 1.81. The van der Waals surface area contributed by atoms with Crippen molar-refractivity contribution in [1.29, 1.82) is 0 Å². The topological polar surface area (TPSA) is 34.2 Å². The first kappa shape index (κ1) is 11.2. The van der Waals surface area contributed by atoms with Crippen molar-refractivity contribution in [3.8, 4) is 0 Å². The predicted octanol–water partition coefficient (Wildman–Crippen LogP) is 2.30. The van der Waals surface area contributed by atoms with E-state index in [0.29, 0.717) is 24.2 Å². The van der Waals surface area contributed by atoms with Gasteiger partial charge in [0.2, 0.25) is 0 Å². The van der Waals surface area contributed by atoms with E-state index in [1.807, 2.05) is 18.5 Å². The molecule has 92 valence electrons. The van der Waals surface area contributed by atoms with Crippen molar-refractivity contribution in [3.05, 3.63) is 30.1 Å². The van der Waals surface area contributed by atoms with Gasteiger partial charge in [0.1, 0.15) is 0 Å². The van der Waals surface area contributed by atoms with Crippen molar-refractivity contribution in [3.63, 3.8) is 0 Å². The Morgan fingerprint density at radius 2 is 2.47 bits per heavy atom. The molecular formula is C14H20N2O. The highest BCUT2D eigenvalue weighted by molar-refractivity contribution is 5.17. The van der Waals surface area contributed by atoms with Crippen molar-refractivity contribution in [1.82, 2.24) is 10.3 Å². The quantitative estimate of drug-likeness (QED) is 0.865. The first-order valence-electron chi connectivity index (χ1n) is 6.67. The molecular weight excluding hydrogens is 212 g/mol. The van der Waals surface area contributed by atoms with Crippen molar-refractivity contribution in [2.45, 2.75) is 44.4 Å². The van der Waals surface area contributed by atoms with Crippen molar-refractivity contribution in [2.75, 3.05) is 6.54 Å². The lowest BCUT2D eigenvalue weighted by molar-refractivity contribution is 0.0858. The van der Waals surface area contributed by atoms with Gasteiger partial charge >= 0.3 is 0 Å². The summed E-state index contributed by atoms with van der Waals surface area (Å²) in [6.45, 7) is 3.16. The summed E-state index contributed by atoms with van der Waals surface area (Å²) in [5, 5.41) is 3.61. The minimum Gasteiger partial charge on any atom is -0.375 e. The van der Waals surface area contributed by atoms with E-state index in [1.54, 1.807) is 0 Å². The standard InChI is InChI=1S/C14H20N2O/c1-2-16-14(10-4-3-7-15-9-10)12-8-11-5-6-13(12)17-11/h3-4,7,9,11-14,16H,2,5-6,8H2,1H3. The van der Waals surface area contributed by atoms with E-state index in [1.165, 1.54) is 24.8 Å². The maximum absolute atomic E-state index is 5.97. The minimum atomic E-state index is 0.406. The molecule has 4 unspecified atom stereocenters. The molecule has 0 amide bonds. The van der Waals surface area contributed by atoms with Gasteiger partial charge in [-0.2, -0.15) is 0 Å². The van der Waals surface area contributed by atoms with Crippen LogP contribution < -0.4 is 5.32 Å². The van der Waals surface area contributed by atoms with Gasteiger partial charge in [-0.1, -0.05) is 13.0 Å². The summed E-state index contributed by atoms with van der Waals surface area (Å²) in [7, 11) is 0. The Hall–Kier alpha value is -0.930. The third kappa shape index (κ3) is 2.09. The van der Waals surface area contributed by atoms with Gasteiger partial charge in [-0.05, 0) is 37.4 Å². The van der Waals surface area contributed by atoms with E-state index in [2.05, 4.69) is 23.3 Å². The molecule has 2 aliphatic heterocycles. The second-order valence-corrected chi connectivity index (χ2v) is 5.10. The molecule has 2 aliphatic rings. The first-order valence-corrected chi connectivity index (χ1v) is 6.67. The number of hydrogen-bond acceptors (Lipinski definition) is 3. The second kappa shape index (κ2) is 4.75.